The summed E-state index contributed by atoms with van der Waals surface area (Å²) < 4.78 is 13.6. The summed E-state index contributed by atoms with van der Waals surface area (Å²) in [7, 11) is 0. The molecule has 1 aromatic rings. The summed E-state index contributed by atoms with van der Waals surface area (Å²) in [6.07, 6.45) is 2.15. The van der Waals surface area contributed by atoms with Crippen LogP contribution in [0.2, 0.25) is 0 Å². The number of hydrogen-bond donors (Lipinski definition) is 2. The quantitative estimate of drug-likeness (QED) is 0.710. The van der Waals surface area contributed by atoms with Crippen LogP contribution in [0, 0.1) is 5.82 Å². The lowest BCUT2D eigenvalue weighted by Gasteiger charge is -2.20. The van der Waals surface area contributed by atoms with Crippen molar-refractivity contribution in [3.63, 3.8) is 0 Å². The van der Waals surface area contributed by atoms with Crippen LogP contribution in [0.15, 0.2) is 18.2 Å². The summed E-state index contributed by atoms with van der Waals surface area (Å²) in [4.78, 5) is 2.40. The zero-order valence-corrected chi connectivity index (χ0v) is 12.2. The highest BCUT2D eigenvalue weighted by Crippen LogP contribution is 2.18. The lowest BCUT2D eigenvalue weighted by molar-refractivity contribution is 0.295. The third-order valence-electron chi connectivity index (χ3n) is 3.40. The second kappa shape index (κ2) is 8.00. The van der Waals surface area contributed by atoms with Crippen LogP contribution in [-0.4, -0.2) is 30.6 Å². The van der Waals surface area contributed by atoms with E-state index in [1.54, 1.807) is 12.1 Å². The Hall–Kier alpha value is -1.29. The van der Waals surface area contributed by atoms with Gasteiger partial charge in [-0.15, -0.1) is 0 Å². The van der Waals surface area contributed by atoms with E-state index in [4.69, 9.17) is 5.73 Å². The number of nitrogens with one attached hydrogen (secondary N) is 1. The fourth-order valence-electron chi connectivity index (χ4n) is 2.15. The van der Waals surface area contributed by atoms with Crippen molar-refractivity contribution in [1.82, 2.24) is 4.90 Å². The molecule has 1 rings (SSSR count). The highest BCUT2D eigenvalue weighted by Gasteiger charge is 2.07. The first-order valence-electron chi connectivity index (χ1n) is 7.10. The number of halogens is 1. The summed E-state index contributed by atoms with van der Waals surface area (Å²) in [5, 5.41) is 3.20. The number of nitrogens with zero attached hydrogens (tertiary/aromatic N) is 1. The van der Waals surface area contributed by atoms with E-state index >= 15 is 0 Å². The van der Waals surface area contributed by atoms with Crippen molar-refractivity contribution in [2.75, 3.05) is 30.7 Å². The maximum atomic E-state index is 13.6. The Morgan fingerprint density at radius 2 is 2.00 bits per heavy atom. The van der Waals surface area contributed by atoms with E-state index in [1.807, 2.05) is 0 Å². The van der Waals surface area contributed by atoms with Crippen molar-refractivity contribution >= 4 is 11.4 Å². The molecule has 0 aromatic heterocycles. The predicted molar refractivity (Wildman–Crippen MR) is 80.9 cm³/mol. The zero-order chi connectivity index (χ0) is 14.3. The van der Waals surface area contributed by atoms with E-state index in [1.165, 1.54) is 6.07 Å². The molecule has 0 aliphatic heterocycles. The Kier molecular flexibility index (Phi) is 6.64. The maximum Gasteiger partial charge on any atom is 0.148 e. The molecule has 0 saturated heterocycles. The number of benzene rings is 1. The molecule has 19 heavy (non-hydrogen) atoms. The summed E-state index contributed by atoms with van der Waals surface area (Å²) in [6, 6.07) is 5.03. The molecule has 0 radical (unpaired) electrons. The average molecular weight is 267 g/mol. The zero-order valence-electron chi connectivity index (χ0n) is 12.2. The van der Waals surface area contributed by atoms with Gasteiger partial charge in [-0.3, -0.25) is 0 Å². The smallest absolute Gasteiger partial charge is 0.148 e. The van der Waals surface area contributed by atoms with Crippen LogP contribution in [-0.2, 0) is 0 Å². The van der Waals surface area contributed by atoms with E-state index in [0.717, 1.165) is 32.5 Å². The summed E-state index contributed by atoms with van der Waals surface area (Å²) in [6.45, 7) is 9.71. The van der Waals surface area contributed by atoms with Crippen LogP contribution in [0.4, 0.5) is 15.8 Å². The molecule has 108 valence electrons. The first kappa shape index (κ1) is 15.8. The van der Waals surface area contributed by atoms with Gasteiger partial charge in [-0.05, 0) is 57.6 Å². The third kappa shape index (κ3) is 5.47. The van der Waals surface area contributed by atoms with Gasteiger partial charge in [0.15, 0.2) is 0 Å². The molecule has 1 atom stereocenters. The molecule has 0 spiro atoms. The fraction of sp³-hybridized carbons (Fsp3) is 0.600. The van der Waals surface area contributed by atoms with Gasteiger partial charge in [0.05, 0.1) is 5.69 Å². The van der Waals surface area contributed by atoms with Gasteiger partial charge in [0.25, 0.3) is 0 Å². The average Bonchev–Trinajstić information content (AvgIpc) is 2.38. The summed E-state index contributed by atoms with van der Waals surface area (Å²) >= 11 is 0. The van der Waals surface area contributed by atoms with Crippen LogP contribution < -0.4 is 11.1 Å². The molecule has 0 aliphatic rings. The maximum absolute atomic E-state index is 13.6. The number of rotatable bonds is 8. The molecule has 3 nitrogen and oxygen atoms in total. The Balaban J connectivity index is 2.36. The highest BCUT2D eigenvalue weighted by atomic mass is 19.1. The standard InChI is InChI=1S/C15H26FN3/c1-4-19(5-2)10-6-7-12(3)18-15-9-8-13(17)11-14(15)16/h8-9,11-12,18H,4-7,10,17H2,1-3H3. The molecule has 0 aliphatic carbocycles. The van der Waals surface area contributed by atoms with Crippen molar-refractivity contribution in [2.45, 2.75) is 39.7 Å². The summed E-state index contributed by atoms with van der Waals surface area (Å²) in [5.41, 5.74) is 6.52. The van der Waals surface area contributed by atoms with Gasteiger partial charge in [0, 0.05) is 11.7 Å². The monoisotopic (exact) mass is 267 g/mol. The topological polar surface area (TPSA) is 41.3 Å². The number of nitrogen functional groups attached to an aromatic ring is 1. The first-order chi connectivity index (χ1) is 9.06. The first-order valence-corrected chi connectivity index (χ1v) is 7.10. The van der Waals surface area contributed by atoms with Gasteiger partial charge in [-0.25, -0.2) is 4.39 Å². The minimum atomic E-state index is -0.282. The van der Waals surface area contributed by atoms with E-state index in [2.05, 4.69) is 31.0 Å². The van der Waals surface area contributed by atoms with E-state index in [9.17, 15) is 4.39 Å². The Morgan fingerprint density at radius 1 is 1.32 bits per heavy atom. The fourth-order valence-corrected chi connectivity index (χ4v) is 2.15. The molecule has 4 heteroatoms. The van der Waals surface area contributed by atoms with Crippen molar-refractivity contribution in [1.29, 1.82) is 0 Å². The number of anilines is 2. The van der Waals surface area contributed by atoms with Gasteiger partial charge in [-0.1, -0.05) is 13.8 Å². The number of hydrogen-bond acceptors (Lipinski definition) is 3. The summed E-state index contributed by atoms with van der Waals surface area (Å²) in [5.74, 6) is -0.282. The number of nitrogens with two attached hydrogens (primary N) is 1. The van der Waals surface area contributed by atoms with Crippen molar-refractivity contribution in [3.8, 4) is 0 Å². The molecule has 1 unspecified atom stereocenters. The molecule has 0 bridgehead atoms. The Morgan fingerprint density at radius 3 is 2.58 bits per heavy atom. The normalized spacial score (nSPS) is 12.7. The SMILES string of the molecule is CCN(CC)CCCC(C)Nc1ccc(N)cc1F. The molecular weight excluding hydrogens is 241 g/mol. The molecule has 3 N–H and O–H groups in total. The molecule has 1 aromatic carbocycles. The van der Waals surface area contributed by atoms with Crippen LogP contribution in [0.5, 0.6) is 0 Å². The van der Waals surface area contributed by atoms with Gasteiger partial charge < -0.3 is 16.0 Å². The lowest BCUT2D eigenvalue weighted by Crippen LogP contribution is -2.25. The van der Waals surface area contributed by atoms with Crippen LogP contribution in [0.1, 0.15) is 33.6 Å². The van der Waals surface area contributed by atoms with Crippen LogP contribution >= 0.6 is 0 Å². The second-order valence-electron chi connectivity index (χ2n) is 4.95. The van der Waals surface area contributed by atoms with Crippen molar-refractivity contribution in [3.05, 3.63) is 24.0 Å². The van der Waals surface area contributed by atoms with E-state index in [0.29, 0.717) is 11.4 Å². The van der Waals surface area contributed by atoms with E-state index in [-0.39, 0.29) is 11.9 Å². The van der Waals surface area contributed by atoms with Crippen LogP contribution in [0.25, 0.3) is 0 Å². The minimum Gasteiger partial charge on any atom is -0.399 e. The minimum absolute atomic E-state index is 0.258. The Bertz CT molecular complexity index is 378. The van der Waals surface area contributed by atoms with E-state index < -0.39 is 0 Å². The largest absolute Gasteiger partial charge is 0.399 e. The van der Waals surface area contributed by atoms with Gasteiger partial charge in [0.1, 0.15) is 5.82 Å². The molecule has 0 fully saturated rings. The van der Waals surface area contributed by atoms with Crippen molar-refractivity contribution < 1.29 is 4.39 Å². The van der Waals surface area contributed by atoms with Gasteiger partial charge >= 0.3 is 0 Å². The predicted octanol–water partition coefficient (Wildman–Crippen LogP) is 3.33. The van der Waals surface area contributed by atoms with Gasteiger partial charge in [0.2, 0.25) is 0 Å². The molecule has 0 amide bonds. The third-order valence-corrected chi connectivity index (χ3v) is 3.40. The van der Waals surface area contributed by atoms with Crippen molar-refractivity contribution in [2.24, 2.45) is 0 Å². The van der Waals surface area contributed by atoms with Gasteiger partial charge in [-0.2, -0.15) is 0 Å². The Labute approximate surface area is 116 Å². The highest BCUT2D eigenvalue weighted by molar-refractivity contribution is 5.52. The molecular formula is C15H26FN3. The molecule has 0 heterocycles. The second-order valence-corrected chi connectivity index (χ2v) is 4.95. The molecule has 0 saturated carbocycles. The van der Waals surface area contributed by atoms with Crippen LogP contribution in [0.3, 0.4) is 0 Å². The lowest BCUT2D eigenvalue weighted by atomic mass is 10.1.